The number of rotatable bonds is 4. The Hall–Kier alpha value is -3.87. The molecular weight excluding hydrogens is 452 g/mol. The molecule has 3 aromatic rings. The van der Waals surface area contributed by atoms with Crippen molar-refractivity contribution in [2.24, 2.45) is 0 Å². The third-order valence-corrected chi connectivity index (χ3v) is 7.33. The van der Waals surface area contributed by atoms with Crippen LogP contribution in [-0.2, 0) is 6.42 Å². The summed E-state index contributed by atoms with van der Waals surface area (Å²) in [6, 6.07) is 15.3. The fourth-order valence-electron chi connectivity index (χ4n) is 5.34. The summed E-state index contributed by atoms with van der Waals surface area (Å²) >= 11 is 0. The Morgan fingerprint density at radius 2 is 1.64 bits per heavy atom. The van der Waals surface area contributed by atoms with Gasteiger partial charge in [0.2, 0.25) is 0 Å². The monoisotopic (exact) mass is 484 g/mol. The Bertz CT molecular complexity index is 1300. The molecular formula is C29H32N4O3. The van der Waals surface area contributed by atoms with Gasteiger partial charge in [-0.2, -0.15) is 0 Å². The number of benzene rings is 2. The van der Waals surface area contributed by atoms with Crippen LogP contribution in [0.15, 0.2) is 48.5 Å². The van der Waals surface area contributed by atoms with Gasteiger partial charge in [-0.1, -0.05) is 18.2 Å². The Morgan fingerprint density at radius 3 is 2.36 bits per heavy atom. The molecule has 0 bridgehead atoms. The first kappa shape index (κ1) is 23.9. The molecule has 2 aliphatic heterocycles. The minimum atomic E-state index is -0.0800. The molecule has 0 aliphatic carbocycles. The summed E-state index contributed by atoms with van der Waals surface area (Å²) in [6.45, 7) is 7.75. The van der Waals surface area contributed by atoms with Crippen LogP contribution in [0.2, 0.25) is 0 Å². The molecule has 7 heteroatoms. The van der Waals surface area contributed by atoms with E-state index in [-0.39, 0.29) is 23.6 Å². The van der Waals surface area contributed by atoms with Gasteiger partial charge in [-0.15, -0.1) is 0 Å². The van der Waals surface area contributed by atoms with E-state index in [1.807, 2.05) is 42.2 Å². The van der Waals surface area contributed by atoms with Crippen molar-refractivity contribution < 1.29 is 14.7 Å². The number of carbonyl (C=O) groups is 2. The van der Waals surface area contributed by atoms with Crippen molar-refractivity contribution in [3.63, 3.8) is 0 Å². The molecule has 36 heavy (non-hydrogen) atoms. The van der Waals surface area contributed by atoms with E-state index in [9.17, 15) is 14.7 Å². The van der Waals surface area contributed by atoms with E-state index in [0.29, 0.717) is 28.8 Å². The zero-order valence-electron chi connectivity index (χ0n) is 21.0. The number of amides is 2. The topological polar surface area (TPSA) is 85.8 Å². The molecule has 186 valence electrons. The van der Waals surface area contributed by atoms with Crippen molar-refractivity contribution in [3.05, 3.63) is 82.0 Å². The number of hydrogen-bond acceptors (Lipinski definition) is 5. The van der Waals surface area contributed by atoms with Gasteiger partial charge in [0.15, 0.2) is 5.78 Å². The number of urea groups is 1. The first-order valence-corrected chi connectivity index (χ1v) is 12.5. The van der Waals surface area contributed by atoms with E-state index in [1.165, 1.54) is 5.56 Å². The van der Waals surface area contributed by atoms with E-state index in [1.54, 1.807) is 26.0 Å². The van der Waals surface area contributed by atoms with Gasteiger partial charge in [0, 0.05) is 48.2 Å². The largest absolute Gasteiger partial charge is 0.507 e. The number of pyridine rings is 1. The number of fused-ring (bicyclic) bond motifs is 1. The molecule has 1 saturated heterocycles. The lowest BCUT2D eigenvalue weighted by Gasteiger charge is -2.38. The van der Waals surface area contributed by atoms with Crippen molar-refractivity contribution in [1.82, 2.24) is 9.88 Å². The lowest BCUT2D eigenvalue weighted by atomic mass is 9.98. The number of para-hydroxylation sites is 1. The van der Waals surface area contributed by atoms with Crippen molar-refractivity contribution in [1.29, 1.82) is 0 Å². The molecule has 1 aromatic heterocycles. The number of aryl methyl sites for hydroxylation is 3. The first-order valence-electron chi connectivity index (χ1n) is 12.5. The number of aromatic nitrogens is 1. The molecule has 0 radical (unpaired) electrons. The molecule has 2 aromatic carbocycles. The molecule has 5 rings (SSSR count). The maximum atomic E-state index is 13.3. The van der Waals surface area contributed by atoms with Crippen LogP contribution in [0.3, 0.4) is 0 Å². The highest BCUT2D eigenvalue weighted by Gasteiger charge is 2.30. The summed E-state index contributed by atoms with van der Waals surface area (Å²) in [6.07, 6.45) is 2.54. The van der Waals surface area contributed by atoms with Gasteiger partial charge in [-0.05, 0) is 87.1 Å². The number of nitrogens with zero attached hydrogens (tertiary/aromatic N) is 3. The summed E-state index contributed by atoms with van der Waals surface area (Å²) in [4.78, 5) is 35.1. The number of hydrogen-bond donors (Lipinski definition) is 2. The Morgan fingerprint density at radius 1 is 0.972 bits per heavy atom. The fourth-order valence-corrected chi connectivity index (χ4v) is 5.34. The summed E-state index contributed by atoms with van der Waals surface area (Å²) in [5.74, 6) is 0.934. The van der Waals surface area contributed by atoms with Gasteiger partial charge in [0.1, 0.15) is 11.6 Å². The average molecular weight is 485 g/mol. The van der Waals surface area contributed by atoms with Crippen LogP contribution < -0.4 is 10.2 Å². The van der Waals surface area contributed by atoms with E-state index >= 15 is 0 Å². The van der Waals surface area contributed by atoms with Gasteiger partial charge in [0.25, 0.3) is 0 Å². The third kappa shape index (κ3) is 4.65. The quantitative estimate of drug-likeness (QED) is 0.509. The third-order valence-electron chi connectivity index (χ3n) is 7.33. The van der Waals surface area contributed by atoms with Crippen molar-refractivity contribution >= 4 is 23.3 Å². The molecule has 0 atom stereocenters. The van der Waals surface area contributed by atoms with Crippen molar-refractivity contribution in [2.75, 3.05) is 29.9 Å². The molecule has 2 amide bonds. The molecule has 3 heterocycles. The summed E-state index contributed by atoms with van der Waals surface area (Å²) in [5, 5.41) is 13.2. The van der Waals surface area contributed by atoms with E-state index in [4.69, 9.17) is 4.98 Å². The lowest BCUT2D eigenvalue weighted by molar-refractivity contribution is 0.103. The van der Waals surface area contributed by atoms with Gasteiger partial charge in [-0.25, -0.2) is 9.78 Å². The van der Waals surface area contributed by atoms with Crippen LogP contribution in [0.1, 0.15) is 51.1 Å². The number of phenolic OH excluding ortho intramolecular Hbond substituents is 1. The maximum Gasteiger partial charge on any atom is 0.322 e. The second-order valence-electron chi connectivity index (χ2n) is 9.89. The Kier molecular flexibility index (Phi) is 6.39. The highest BCUT2D eigenvalue weighted by atomic mass is 16.3. The molecule has 7 nitrogen and oxygen atoms in total. The standard InChI is InChI=1S/C29H32N4O3/c1-18-14-22(15-19(2)27(18)34)28(35)23-16-20(3)30-26(17-23)32-11-9-24(10-12-32)33-13-8-21-6-4-5-7-25(21)31-29(33)36/h4-7,14-17,24,34H,8-13H2,1-3H3,(H,31,36). The number of nitrogens with one attached hydrogen (secondary N) is 1. The van der Waals surface area contributed by atoms with Gasteiger partial charge in [-0.3, -0.25) is 4.79 Å². The van der Waals surface area contributed by atoms with Crippen LogP contribution in [0.5, 0.6) is 5.75 Å². The number of carbonyl (C=O) groups excluding carboxylic acids is 2. The summed E-state index contributed by atoms with van der Waals surface area (Å²) < 4.78 is 0. The zero-order valence-corrected chi connectivity index (χ0v) is 21.0. The molecule has 2 aliphatic rings. The zero-order chi connectivity index (χ0) is 25.4. The summed E-state index contributed by atoms with van der Waals surface area (Å²) in [5.41, 5.74) is 5.39. The van der Waals surface area contributed by atoms with Gasteiger partial charge < -0.3 is 20.2 Å². The van der Waals surface area contributed by atoms with Crippen molar-refractivity contribution in [3.8, 4) is 5.75 Å². The van der Waals surface area contributed by atoms with Crippen LogP contribution in [0, 0.1) is 20.8 Å². The number of anilines is 2. The normalized spacial score (nSPS) is 16.4. The second-order valence-corrected chi connectivity index (χ2v) is 9.89. The van der Waals surface area contributed by atoms with Crippen LogP contribution in [-0.4, -0.2) is 52.5 Å². The first-order chi connectivity index (χ1) is 17.3. The fraction of sp³-hybridized carbons (Fsp3) is 0.345. The van der Waals surface area contributed by atoms with E-state index in [2.05, 4.69) is 16.3 Å². The molecule has 0 unspecified atom stereocenters. The molecule has 1 fully saturated rings. The molecule has 0 spiro atoms. The van der Waals surface area contributed by atoms with Crippen LogP contribution >= 0.6 is 0 Å². The number of piperidine rings is 1. The SMILES string of the molecule is Cc1cc(C(=O)c2cc(C)c(O)c(C)c2)cc(N2CCC(N3CCc4ccccc4NC3=O)CC2)n1. The van der Waals surface area contributed by atoms with Crippen LogP contribution in [0.4, 0.5) is 16.3 Å². The number of aromatic hydroxyl groups is 1. The van der Waals surface area contributed by atoms with E-state index in [0.717, 1.165) is 49.6 Å². The van der Waals surface area contributed by atoms with Gasteiger partial charge in [0.05, 0.1) is 0 Å². The predicted molar refractivity (Wildman–Crippen MR) is 141 cm³/mol. The average Bonchev–Trinajstić information content (AvgIpc) is 3.04. The predicted octanol–water partition coefficient (Wildman–Crippen LogP) is 5.00. The second kappa shape index (κ2) is 9.64. The molecule has 2 N–H and O–H groups in total. The van der Waals surface area contributed by atoms with Crippen molar-refractivity contribution in [2.45, 2.75) is 46.1 Å². The highest BCUT2D eigenvalue weighted by Crippen LogP contribution is 2.28. The summed E-state index contributed by atoms with van der Waals surface area (Å²) in [7, 11) is 0. The minimum Gasteiger partial charge on any atom is -0.507 e. The lowest BCUT2D eigenvalue weighted by Crippen LogP contribution is -2.49. The maximum absolute atomic E-state index is 13.3. The van der Waals surface area contributed by atoms with Gasteiger partial charge >= 0.3 is 6.03 Å². The Labute approximate surface area is 211 Å². The van der Waals surface area contributed by atoms with Crippen LogP contribution in [0.25, 0.3) is 0 Å². The highest BCUT2D eigenvalue weighted by molar-refractivity contribution is 6.09. The molecule has 0 saturated carbocycles. The van der Waals surface area contributed by atoms with E-state index < -0.39 is 0 Å². The minimum absolute atomic E-state index is 0.0283. The number of ketones is 1. The number of phenols is 1. The smallest absolute Gasteiger partial charge is 0.322 e. The Balaban J connectivity index is 1.29.